The fourth-order valence-electron chi connectivity index (χ4n) is 6.84. The van der Waals surface area contributed by atoms with Gasteiger partial charge in [0, 0.05) is 36.5 Å². The number of carbonyl (C=O) groups excluding carboxylic acids is 1. The smallest absolute Gasteiger partial charge is 0.307 e. The number of hydrogen-bond acceptors (Lipinski definition) is 4. The van der Waals surface area contributed by atoms with Gasteiger partial charge in [-0.05, 0) is 85.8 Å². The Morgan fingerprint density at radius 1 is 1.08 bits per heavy atom. The minimum absolute atomic E-state index is 0.0640. The fraction of sp³-hybridized carbons (Fsp3) is 0.548. The van der Waals surface area contributed by atoms with E-state index >= 15 is 8.78 Å². The number of aliphatic carboxylic acids is 1. The van der Waals surface area contributed by atoms with Gasteiger partial charge in [-0.25, -0.2) is 8.78 Å². The van der Waals surface area contributed by atoms with Crippen LogP contribution in [0.1, 0.15) is 81.3 Å². The Hall–Kier alpha value is -3.00. The molecule has 39 heavy (non-hydrogen) atoms. The van der Waals surface area contributed by atoms with Gasteiger partial charge in [0.15, 0.2) is 0 Å². The molecule has 2 aromatic carbocycles. The predicted octanol–water partition coefficient (Wildman–Crippen LogP) is 5.43. The van der Waals surface area contributed by atoms with E-state index in [0.29, 0.717) is 41.7 Å². The average Bonchev–Trinajstić information content (AvgIpc) is 3.45. The van der Waals surface area contributed by atoms with Crippen molar-refractivity contribution in [2.75, 3.05) is 6.54 Å². The molecular weight excluding hydrogens is 502 g/mol. The predicted molar refractivity (Wildman–Crippen MR) is 143 cm³/mol. The SMILES string of the molecule is O=C(O)Cc1ccc(O[C@@H]2CC[C@@H](NC(=O)[C@]3(F)CNC4(CCC4)C3)C2)c(-c2cccc(F)c2C2CCC2)c1. The molecule has 1 amide bonds. The van der Waals surface area contributed by atoms with Crippen molar-refractivity contribution in [3.63, 3.8) is 0 Å². The maximum absolute atomic E-state index is 15.5. The van der Waals surface area contributed by atoms with Crippen molar-refractivity contribution < 1.29 is 28.2 Å². The molecule has 3 saturated carbocycles. The lowest BCUT2D eigenvalue weighted by atomic mass is 9.74. The fourth-order valence-corrected chi connectivity index (χ4v) is 6.84. The van der Waals surface area contributed by atoms with E-state index in [1.54, 1.807) is 24.3 Å². The number of benzene rings is 2. The molecule has 1 heterocycles. The first-order valence-electron chi connectivity index (χ1n) is 14.3. The molecule has 0 aromatic heterocycles. The minimum Gasteiger partial charge on any atom is -0.490 e. The molecule has 2 aromatic rings. The third-order valence-electron chi connectivity index (χ3n) is 9.35. The van der Waals surface area contributed by atoms with Crippen molar-refractivity contribution in [3.8, 4) is 16.9 Å². The first-order valence-corrected chi connectivity index (χ1v) is 14.3. The summed E-state index contributed by atoms with van der Waals surface area (Å²) in [6, 6.07) is 10.2. The number of carboxylic acids is 1. The second-order valence-corrected chi connectivity index (χ2v) is 12.1. The number of carbonyl (C=O) groups is 2. The van der Waals surface area contributed by atoms with Gasteiger partial charge in [-0.15, -0.1) is 0 Å². The van der Waals surface area contributed by atoms with Crippen LogP contribution in [-0.2, 0) is 16.0 Å². The van der Waals surface area contributed by atoms with E-state index < -0.39 is 17.5 Å². The first-order chi connectivity index (χ1) is 18.7. The topological polar surface area (TPSA) is 87.7 Å². The molecule has 3 aliphatic carbocycles. The first kappa shape index (κ1) is 26.2. The normalized spacial score (nSPS) is 27.6. The van der Waals surface area contributed by atoms with Gasteiger partial charge < -0.3 is 20.5 Å². The second-order valence-electron chi connectivity index (χ2n) is 12.1. The molecule has 4 aliphatic rings. The molecule has 0 radical (unpaired) electrons. The second kappa shape index (κ2) is 10.2. The molecule has 208 valence electrons. The zero-order valence-corrected chi connectivity index (χ0v) is 22.1. The number of amides is 1. The lowest BCUT2D eigenvalue weighted by Gasteiger charge is -2.38. The van der Waals surface area contributed by atoms with E-state index in [-0.39, 0.29) is 48.8 Å². The molecule has 3 N–H and O–H groups in total. The quantitative estimate of drug-likeness (QED) is 0.417. The van der Waals surface area contributed by atoms with Gasteiger partial charge in [-0.1, -0.05) is 24.6 Å². The molecule has 4 fully saturated rings. The van der Waals surface area contributed by atoms with E-state index in [2.05, 4.69) is 10.6 Å². The summed E-state index contributed by atoms with van der Waals surface area (Å²) in [5.74, 6) is -1.01. The molecule has 1 spiro atoms. The number of ether oxygens (including phenoxy) is 1. The van der Waals surface area contributed by atoms with Crippen LogP contribution in [-0.4, -0.2) is 46.9 Å². The number of hydrogen-bond donors (Lipinski definition) is 3. The number of alkyl halides is 1. The van der Waals surface area contributed by atoms with E-state index in [1.807, 2.05) is 6.07 Å². The van der Waals surface area contributed by atoms with Crippen LogP contribution in [0, 0.1) is 5.82 Å². The molecule has 6 rings (SSSR count). The van der Waals surface area contributed by atoms with Crippen molar-refractivity contribution in [1.82, 2.24) is 10.6 Å². The highest BCUT2D eigenvalue weighted by Gasteiger charge is 2.55. The summed E-state index contributed by atoms with van der Waals surface area (Å²) < 4.78 is 37.0. The van der Waals surface area contributed by atoms with Crippen LogP contribution in [0.5, 0.6) is 5.75 Å². The highest BCUT2D eigenvalue weighted by atomic mass is 19.1. The maximum Gasteiger partial charge on any atom is 0.307 e. The average molecular weight is 539 g/mol. The summed E-state index contributed by atoms with van der Waals surface area (Å²) in [5, 5.41) is 15.5. The Morgan fingerprint density at radius 3 is 2.56 bits per heavy atom. The summed E-state index contributed by atoms with van der Waals surface area (Å²) in [5.41, 5.74) is 0.636. The van der Waals surface area contributed by atoms with Gasteiger partial charge >= 0.3 is 5.97 Å². The molecule has 0 unspecified atom stereocenters. The van der Waals surface area contributed by atoms with Gasteiger partial charge in [0.2, 0.25) is 5.67 Å². The Morgan fingerprint density at radius 2 is 1.90 bits per heavy atom. The molecule has 0 bridgehead atoms. The number of rotatable bonds is 8. The zero-order chi connectivity index (χ0) is 27.2. The highest BCUT2D eigenvalue weighted by Crippen LogP contribution is 2.46. The van der Waals surface area contributed by atoms with Gasteiger partial charge in [0.1, 0.15) is 17.7 Å². The van der Waals surface area contributed by atoms with Gasteiger partial charge in [-0.2, -0.15) is 0 Å². The molecule has 3 atom stereocenters. The summed E-state index contributed by atoms with van der Waals surface area (Å²) in [4.78, 5) is 24.3. The number of carboxylic acid groups (broad SMARTS) is 1. The van der Waals surface area contributed by atoms with Gasteiger partial charge in [0.25, 0.3) is 5.91 Å². The van der Waals surface area contributed by atoms with Crippen LogP contribution in [0.15, 0.2) is 36.4 Å². The third-order valence-corrected chi connectivity index (χ3v) is 9.35. The van der Waals surface area contributed by atoms with Crippen LogP contribution >= 0.6 is 0 Å². The standard InChI is InChI=1S/C31H36F2N2O4/c32-25-7-2-6-23(28(25)20-4-1-5-20)24-14-19(15-27(36)37)8-11-26(24)39-22-10-9-21(16-22)35-29(38)31(33)17-30(34-18-31)12-3-13-30/h2,6-8,11,14,20-22,34H,1,3-5,9-10,12-13,15-18H2,(H,35,38)(H,36,37)/t21-,22-,31-/m1/s1. The van der Waals surface area contributed by atoms with E-state index in [9.17, 15) is 14.7 Å². The van der Waals surface area contributed by atoms with Crippen LogP contribution in [0.3, 0.4) is 0 Å². The Kier molecular flexibility index (Phi) is 6.86. The lowest BCUT2D eigenvalue weighted by Crippen LogP contribution is -2.49. The minimum atomic E-state index is -1.87. The molecule has 8 heteroatoms. The van der Waals surface area contributed by atoms with Crippen LogP contribution < -0.4 is 15.4 Å². The summed E-state index contributed by atoms with van der Waals surface area (Å²) in [6.07, 6.45) is 7.67. The van der Waals surface area contributed by atoms with E-state index in [1.165, 1.54) is 6.07 Å². The van der Waals surface area contributed by atoms with Crippen molar-refractivity contribution >= 4 is 11.9 Å². The van der Waals surface area contributed by atoms with Gasteiger partial charge in [-0.3, -0.25) is 9.59 Å². The third kappa shape index (κ3) is 5.15. The summed E-state index contributed by atoms with van der Waals surface area (Å²) in [6.45, 7) is 0.0640. The largest absolute Gasteiger partial charge is 0.490 e. The van der Waals surface area contributed by atoms with E-state index in [0.717, 1.165) is 44.1 Å². The van der Waals surface area contributed by atoms with E-state index in [4.69, 9.17) is 4.74 Å². The van der Waals surface area contributed by atoms with Crippen LogP contribution in [0.2, 0.25) is 0 Å². The summed E-state index contributed by atoms with van der Waals surface area (Å²) in [7, 11) is 0. The molecule has 1 saturated heterocycles. The van der Waals surface area contributed by atoms with Crippen molar-refractivity contribution in [2.24, 2.45) is 0 Å². The monoisotopic (exact) mass is 538 g/mol. The Balaban J connectivity index is 1.19. The van der Waals surface area contributed by atoms with Crippen LogP contribution in [0.4, 0.5) is 8.78 Å². The lowest BCUT2D eigenvalue weighted by molar-refractivity contribution is -0.136. The summed E-state index contributed by atoms with van der Waals surface area (Å²) >= 11 is 0. The van der Waals surface area contributed by atoms with Crippen molar-refractivity contribution in [3.05, 3.63) is 53.3 Å². The van der Waals surface area contributed by atoms with Crippen molar-refractivity contribution in [1.29, 1.82) is 0 Å². The van der Waals surface area contributed by atoms with Crippen molar-refractivity contribution in [2.45, 2.75) is 99.9 Å². The number of nitrogens with one attached hydrogen (secondary N) is 2. The maximum atomic E-state index is 15.5. The Labute approximate surface area is 227 Å². The Bertz CT molecular complexity index is 1280. The van der Waals surface area contributed by atoms with Crippen LogP contribution in [0.25, 0.3) is 11.1 Å². The molecule has 1 aliphatic heterocycles. The molecule has 6 nitrogen and oxygen atoms in total. The number of halogens is 2. The molecular formula is C31H36F2N2O4. The highest BCUT2D eigenvalue weighted by molar-refractivity contribution is 5.86. The zero-order valence-electron chi connectivity index (χ0n) is 22.1. The van der Waals surface area contributed by atoms with Gasteiger partial charge in [0.05, 0.1) is 6.42 Å².